The van der Waals surface area contributed by atoms with Crippen molar-refractivity contribution < 1.29 is 9.18 Å². The zero-order valence-corrected chi connectivity index (χ0v) is 8.59. The van der Waals surface area contributed by atoms with Crippen molar-refractivity contribution in [1.29, 1.82) is 0 Å². The fourth-order valence-electron chi connectivity index (χ4n) is 1.50. The van der Waals surface area contributed by atoms with E-state index in [4.69, 9.17) is 0 Å². The van der Waals surface area contributed by atoms with Crippen molar-refractivity contribution in [2.24, 2.45) is 0 Å². The first kappa shape index (κ1) is 10.9. The fourth-order valence-corrected chi connectivity index (χ4v) is 1.50. The third-order valence-electron chi connectivity index (χ3n) is 2.06. The van der Waals surface area contributed by atoms with Gasteiger partial charge in [0.1, 0.15) is 12.0 Å². The molecule has 1 aromatic rings. The molecule has 1 unspecified atom stereocenters. The minimum Gasteiger partial charge on any atom is -0.300 e. The molecule has 0 heterocycles. The van der Waals surface area contributed by atoms with E-state index in [-0.39, 0.29) is 5.78 Å². The summed E-state index contributed by atoms with van der Waals surface area (Å²) < 4.78 is 12.8. The molecule has 76 valence electrons. The van der Waals surface area contributed by atoms with Gasteiger partial charge in [0.15, 0.2) is 0 Å². The van der Waals surface area contributed by atoms with Crippen LogP contribution in [-0.4, -0.2) is 12.0 Å². The molecule has 0 fully saturated rings. The molecule has 14 heavy (non-hydrogen) atoms. The van der Waals surface area contributed by atoms with E-state index in [1.807, 2.05) is 24.3 Å². The van der Waals surface area contributed by atoms with Gasteiger partial charge in [-0.1, -0.05) is 24.3 Å². The molecule has 2 heteroatoms. The van der Waals surface area contributed by atoms with Crippen LogP contribution < -0.4 is 0 Å². The van der Waals surface area contributed by atoms with Gasteiger partial charge in [-0.2, -0.15) is 0 Å². The second-order valence-electron chi connectivity index (χ2n) is 3.63. The molecule has 0 aliphatic carbocycles. The molecule has 0 radical (unpaired) electrons. The Morgan fingerprint density at radius 3 is 2.43 bits per heavy atom. The summed E-state index contributed by atoms with van der Waals surface area (Å²) >= 11 is 0. The number of ketones is 1. The van der Waals surface area contributed by atoms with E-state index in [9.17, 15) is 9.18 Å². The highest BCUT2D eigenvalue weighted by Crippen LogP contribution is 2.13. The SMILES string of the molecule is CC(=O)Cc1ccccc1CC(C)F. The number of alkyl halides is 1. The first-order valence-electron chi connectivity index (χ1n) is 4.80. The summed E-state index contributed by atoms with van der Waals surface area (Å²) in [6.07, 6.45) is -0.0603. The van der Waals surface area contributed by atoms with E-state index in [0.717, 1.165) is 11.1 Å². The third kappa shape index (κ3) is 3.29. The van der Waals surface area contributed by atoms with Crippen LogP contribution in [0.2, 0.25) is 0 Å². The van der Waals surface area contributed by atoms with E-state index >= 15 is 0 Å². The lowest BCUT2D eigenvalue weighted by Crippen LogP contribution is -2.05. The average molecular weight is 194 g/mol. The van der Waals surface area contributed by atoms with Crippen LogP contribution in [0.5, 0.6) is 0 Å². The average Bonchev–Trinajstić information content (AvgIpc) is 2.06. The van der Waals surface area contributed by atoms with Gasteiger partial charge < -0.3 is 0 Å². The third-order valence-corrected chi connectivity index (χ3v) is 2.06. The first-order chi connectivity index (χ1) is 6.59. The van der Waals surface area contributed by atoms with Crippen molar-refractivity contribution >= 4 is 5.78 Å². The molecule has 0 bridgehead atoms. The zero-order valence-electron chi connectivity index (χ0n) is 8.59. The molecular formula is C12H15FO. The number of benzene rings is 1. The minimum absolute atomic E-state index is 0.115. The Bertz CT molecular complexity index is 318. The van der Waals surface area contributed by atoms with E-state index in [1.54, 1.807) is 6.92 Å². The van der Waals surface area contributed by atoms with Gasteiger partial charge in [-0.25, -0.2) is 4.39 Å². The molecule has 0 saturated carbocycles. The second kappa shape index (κ2) is 4.89. The molecule has 0 spiro atoms. The monoisotopic (exact) mass is 194 g/mol. The zero-order chi connectivity index (χ0) is 10.6. The highest BCUT2D eigenvalue weighted by molar-refractivity contribution is 5.78. The van der Waals surface area contributed by atoms with Crippen LogP contribution in [0.3, 0.4) is 0 Å². The highest BCUT2D eigenvalue weighted by atomic mass is 19.1. The van der Waals surface area contributed by atoms with E-state index in [0.29, 0.717) is 12.8 Å². The first-order valence-corrected chi connectivity index (χ1v) is 4.80. The van der Waals surface area contributed by atoms with Crippen molar-refractivity contribution in [2.45, 2.75) is 32.9 Å². The molecule has 1 nitrogen and oxygen atoms in total. The number of carbonyl (C=O) groups excluding carboxylic acids is 1. The summed E-state index contributed by atoms with van der Waals surface area (Å²) in [6, 6.07) is 7.53. The predicted octanol–water partition coefficient (Wildman–Crippen LogP) is 2.72. The quantitative estimate of drug-likeness (QED) is 0.720. The summed E-state index contributed by atoms with van der Waals surface area (Å²) in [4.78, 5) is 11.0. The molecule has 0 aliphatic rings. The van der Waals surface area contributed by atoms with Gasteiger partial charge in [-0.15, -0.1) is 0 Å². The minimum atomic E-state index is -0.858. The van der Waals surface area contributed by atoms with Crippen molar-refractivity contribution in [1.82, 2.24) is 0 Å². The number of hydrogen-bond acceptors (Lipinski definition) is 1. The molecule has 0 N–H and O–H groups in total. The lowest BCUT2D eigenvalue weighted by Gasteiger charge is -2.08. The van der Waals surface area contributed by atoms with Gasteiger partial charge in [-0.05, 0) is 25.0 Å². The van der Waals surface area contributed by atoms with Crippen molar-refractivity contribution in [3.05, 3.63) is 35.4 Å². The molecule has 0 amide bonds. The number of Topliss-reactive ketones (excluding diaryl/α,β-unsaturated/α-hetero) is 1. The standard InChI is InChI=1S/C12H15FO/c1-9(13)7-11-5-3-4-6-12(11)8-10(2)14/h3-6,9H,7-8H2,1-2H3. The van der Waals surface area contributed by atoms with Crippen LogP contribution in [0.15, 0.2) is 24.3 Å². The van der Waals surface area contributed by atoms with Crippen molar-refractivity contribution in [2.75, 3.05) is 0 Å². The van der Waals surface area contributed by atoms with E-state index < -0.39 is 6.17 Å². The van der Waals surface area contributed by atoms with Crippen LogP contribution in [0.25, 0.3) is 0 Å². The van der Waals surface area contributed by atoms with Gasteiger partial charge in [0.05, 0.1) is 0 Å². The number of hydrogen-bond donors (Lipinski definition) is 0. The molecule has 1 rings (SSSR count). The van der Waals surface area contributed by atoms with Crippen LogP contribution in [0.1, 0.15) is 25.0 Å². The van der Waals surface area contributed by atoms with E-state index in [1.165, 1.54) is 6.92 Å². The Morgan fingerprint density at radius 1 is 1.36 bits per heavy atom. The second-order valence-corrected chi connectivity index (χ2v) is 3.63. The lowest BCUT2D eigenvalue weighted by atomic mass is 9.99. The Hall–Kier alpha value is -1.18. The van der Waals surface area contributed by atoms with Gasteiger partial charge in [0.25, 0.3) is 0 Å². The molecule has 1 aromatic carbocycles. The maximum atomic E-state index is 12.8. The van der Waals surface area contributed by atoms with Crippen molar-refractivity contribution in [3.8, 4) is 0 Å². The van der Waals surface area contributed by atoms with Crippen LogP contribution in [-0.2, 0) is 17.6 Å². The smallest absolute Gasteiger partial charge is 0.134 e. The summed E-state index contributed by atoms with van der Waals surface area (Å²) in [5.74, 6) is 0.115. The van der Waals surface area contributed by atoms with E-state index in [2.05, 4.69) is 0 Å². The molecule has 0 aromatic heterocycles. The highest BCUT2D eigenvalue weighted by Gasteiger charge is 2.07. The number of halogens is 1. The van der Waals surface area contributed by atoms with Crippen molar-refractivity contribution in [3.63, 3.8) is 0 Å². The Kier molecular flexibility index (Phi) is 3.81. The van der Waals surface area contributed by atoms with Gasteiger partial charge in [0, 0.05) is 12.8 Å². The summed E-state index contributed by atoms with van der Waals surface area (Å²) in [5.41, 5.74) is 1.89. The Morgan fingerprint density at radius 2 is 1.93 bits per heavy atom. The topological polar surface area (TPSA) is 17.1 Å². The van der Waals surface area contributed by atoms with Gasteiger partial charge >= 0.3 is 0 Å². The summed E-state index contributed by atoms with van der Waals surface area (Å²) in [7, 11) is 0. The Balaban J connectivity index is 2.85. The van der Waals surface area contributed by atoms with Crippen LogP contribution >= 0.6 is 0 Å². The Labute approximate surface area is 83.9 Å². The van der Waals surface area contributed by atoms with Gasteiger partial charge in [0.2, 0.25) is 0 Å². The van der Waals surface area contributed by atoms with Crippen LogP contribution in [0.4, 0.5) is 4.39 Å². The molecular weight excluding hydrogens is 179 g/mol. The van der Waals surface area contributed by atoms with Crippen LogP contribution in [0, 0.1) is 0 Å². The van der Waals surface area contributed by atoms with Gasteiger partial charge in [-0.3, -0.25) is 4.79 Å². The molecule has 0 saturated heterocycles. The summed E-state index contributed by atoms with van der Waals surface area (Å²) in [6.45, 7) is 3.08. The maximum Gasteiger partial charge on any atom is 0.134 e. The fraction of sp³-hybridized carbons (Fsp3) is 0.417. The maximum absolute atomic E-state index is 12.8. The lowest BCUT2D eigenvalue weighted by molar-refractivity contribution is -0.116. The predicted molar refractivity (Wildman–Crippen MR) is 55.1 cm³/mol. The molecule has 0 aliphatic heterocycles. The number of carbonyl (C=O) groups is 1. The number of rotatable bonds is 4. The largest absolute Gasteiger partial charge is 0.300 e. The normalized spacial score (nSPS) is 12.5. The summed E-state index contributed by atoms with van der Waals surface area (Å²) in [5, 5.41) is 0. The molecule has 1 atom stereocenters.